The molecule has 0 heterocycles. The molecule has 4 aromatic rings. The van der Waals surface area contributed by atoms with Gasteiger partial charge in [-0.15, -0.1) is 13.2 Å². The fraction of sp³-hybridized carbons (Fsp3) is 0.0526. The number of rotatable bonds is 3. The molecule has 7 nitrogen and oxygen atoms in total. The van der Waals surface area contributed by atoms with Crippen molar-refractivity contribution in [1.29, 1.82) is 10.5 Å². The largest absolute Gasteiger partial charge is 0.571 e. The van der Waals surface area contributed by atoms with Gasteiger partial charge in [0.05, 0.1) is 38.4 Å². The van der Waals surface area contributed by atoms with E-state index in [-0.39, 0.29) is 17.0 Å². The number of hydrogen-bond donors (Lipinski definition) is 0. The van der Waals surface area contributed by atoms with Crippen LogP contribution in [0.4, 0.5) is 24.5 Å². The van der Waals surface area contributed by atoms with Crippen molar-refractivity contribution in [2.75, 3.05) is 0 Å². The Morgan fingerprint density at radius 2 is 1.12 bits per heavy atom. The smallest absolute Gasteiger partial charge is 0.418 e. The van der Waals surface area contributed by atoms with Gasteiger partial charge < -0.3 is 4.74 Å². The predicted molar refractivity (Wildman–Crippen MR) is 173 cm³/mol. The minimum atomic E-state index is -5.01. The lowest BCUT2D eigenvalue weighted by Gasteiger charge is -2.19. The van der Waals surface area contributed by atoms with Crippen molar-refractivity contribution in [1.82, 2.24) is 0 Å². The monoisotopic (exact) mass is 628 g/mol. The zero-order chi connectivity index (χ0) is 34.3. The lowest BCUT2D eigenvalue weighted by molar-refractivity contribution is -0.274. The third-order valence-electron chi connectivity index (χ3n) is 8.08. The lowest BCUT2D eigenvalue weighted by Crippen LogP contribution is -2.17. The van der Waals surface area contributed by atoms with Crippen LogP contribution >= 0.6 is 0 Å². The first-order chi connectivity index (χ1) is 23.1. The van der Waals surface area contributed by atoms with E-state index in [2.05, 4.69) is 24.1 Å². The van der Waals surface area contributed by atoms with Gasteiger partial charge in [-0.3, -0.25) is 0 Å². The first kappa shape index (κ1) is 30.6. The Bertz CT molecular complexity index is 2460. The Kier molecular flexibility index (Phi) is 7.36. The SMILES string of the molecule is [C-]#[N+]/C(C#N)=C1C2=C(/C(=C(\C#N)[N+]#[C-])c3c2cccc3-c2ccc(C)c([N+]#[C-])c2)c2cccc(-c3ccc(OC(F)(F)F)c([N+]#[C-])c3)c2\1. The van der Waals surface area contributed by atoms with Gasteiger partial charge in [-0.25, -0.2) is 29.9 Å². The van der Waals surface area contributed by atoms with E-state index in [0.717, 1.165) is 11.6 Å². The van der Waals surface area contributed by atoms with E-state index >= 15 is 0 Å². The molecule has 0 atom stereocenters. The number of benzene rings is 4. The van der Waals surface area contributed by atoms with Crippen molar-refractivity contribution >= 4 is 33.7 Å². The molecule has 0 spiro atoms. The second kappa shape index (κ2) is 11.5. The fourth-order valence-corrected chi connectivity index (χ4v) is 6.21. The normalized spacial score (nSPS) is 14.5. The number of halogens is 3. The minimum Gasteiger partial charge on any atom is -0.418 e. The van der Waals surface area contributed by atoms with Crippen molar-refractivity contribution in [3.05, 3.63) is 158 Å². The first-order valence-corrected chi connectivity index (χ1v) is 13.9. The molecule has 4 aromatic carbocycles. The maximum atomic E-state index is 13.0. The topological polar surface area (TPSA) is 74.2 Å². The molecule has 0 aliphatic heterocycles. The third-order valence-corrected chi connectivity index (χ3v) is 8.08. The Morgan fingerprint density at radius 1 is 0.667 bits per heavy atom. The summed E-state index contributed by atoms with van der Waals surface area (Å²) < 4.78 is 43.1. The molecule has 48 heavy (non-hydrogen) atoms. The molecule has 0 radical (unpaired) electrons. The molecule has 224 valence electrons. The molecule has 2 aliphatic carbocycles. The van der Waals surface area contributed by atoms with Crippen molar-refractivity contribution in [2.45, 2.75) is 13.3 Å². The molecule has 0 fully saturated rings. The number of fused-ring (bicyclic) bond motifs is 4. The molecule has 2 aliphatic rings. The quantitative estimate of drug-likeness (QED) is 0.167. The average Bonchev–Trinajstić information content (AvgIpc) is 3.59. The van der Waals surface area contributed by atoms with Crippen LogP contribution in [0.3, 0.4) is 0 Å². The van der Waals surface area contributed by atoms with Gasteiger partial charge in [-0.2, -0.15) is 0 Å². The highest BCUT2D eigenvalue weighted by molar-refractivity contribution is 6.39. The molecule has 0 unspecified atom stereocenters. The van der Waals surface area contributed by atoms with E-state index in [1.54, 1.807) is 36.4 Å². The van der Waals surface area contributed by atoms with Gasteiger partial charge in [-0.1, -0.05) is 54.6 Å². The van der Waals surface area contributed by atoms with Crippen LogP contribution in [0.1, 0.15) is 27.8 Å². The molecule has 0 saturated heterocycles. The van der Waals surface area contributed by atoms with Crippen molar-refractivity contribution in [3.63, 3.8) is 0 Å². The molecule has 0 bridgehead atoms. The van der Waals surface area contributed by atoms with Gasteiger partial charge in [-0.05, 0) is 86.3 Å². The van der Waals surface area contributed by atoms with Crippen molar-refractivity contribution < 1.29 is 17.9 Å². The first-order valence-electron chi connectivity index (χ1n) is 13.9. The van der Waals surface area contributed by atoms with E-state index in [0.29, 0.717) is 66.9 Å². The Morgan fingerprint density at radius 3 is 1.56 bits per heavy atom. The van der Waals surface area contributed by atoms with Crippen LogP contribution in [0.5, 0.6) is 5.75 Å². The van der Waals surface area contributed by atoms with Crippen LogP contribution in [0.25, 0.3) is 63.9 Å². The summed E-state index contributed by atoms with van der Waals surface area (Å²) in [5.74, 6) is -0.677. The number of nitrogens with zero attached hydrogens (tertiary/aromatic N) is 6. The van der Waals surface area contributed by atoms with Crippen LogP contribution in [0.2, 0.25) is 0 Å². The molecule has 0 N–H and O–H groups in total. The standard InChI is InChI=1S/C38H15F3N6O/c1-20-12-13-21(16-27(20)44-2)23-8-6-10-25-32(23)36(29(18-42)46-4)35-26-11-7-9-24(33(26)37(34(25)35)30(19-43)47-5)22-14-15-31(28(17-22)45-3)48-38(39,40)41/h6-17H,1H3/b36-29+,37-30-. The second-order valence-electron chi connectivity index (χ2n) is 10.6. The van der Waals surface area contributed by atoms with Crippen LogP contribution in [0, 0.1) is 55.9 Å². The number of nitriles is 2. The molecule has 6 rings (SSSR count). The van der Waals surface area contributed by atoms with Crippen LogP contribution < -0.4 is 4.74 Å². The summed E-state index contributed by atoms with van der Waals surface area (Å²) in [5, 5.41) is 20.4. The van der Waals surface area contributed by atoms with Gasteiger partial charge in [0.1, 0.15) is 5.75 Å². The summed E-state index contributed by atoms with van der Waals surface area (Å²) in [7, 11) is 0. The second-order valence-corrected chi connectivity index (χ2v) is 10.6. The summed E-state index contributed by atoms with van der Waals surface area (Å²) in [6.45, 7) is 32.8. The highest BCUT2D eigenvalue weighted by Crippen LogP contribution is 2.62. The van der Waals surface area contributed by atoms with E-state index in [4.69, 9.17) is 26.3 Å². The molecule has 0 saturated carbocycles. The average molecular weight is 629 g/mol. The van der Waals surface area contributed by atoms with Crippen molar-refractivity contribution in [2.24, 2.45) is 0 Å². The van der Waals surface area contributed by atoms with E-state index in [1.165, 1.54) is 12.1 Å². The summed E-state index contributed by atoms with van der Waals surface area (Å²) in [6, 6.07) is 23.4. The highest BCUT2D eigenvalue weighted by atomic mass is 19.4. The molecule has 0 aromatic heterocycles. The van der Waals surface area contributed by atoms with E-state index in [9.17, 15) is 23.7 Å². The summed E-state index contributed by atoms with van der Waals surface area (Å²) in [5.41, 5.74) is 5.77. The minimum absolute atomic E-state index is 0.228. The van der Waals surface area contributed by atoms with Gasteiger partial charge in [0.15, 0.2) is 5.69 Å². The molecular weight excluding hydrogens is 613 g/mol. The summed E-state index contributed by atoms with van der Waals surface area (Å²) in [4.78, 5) is 13.9. The predicted octanol–water partition coefficient (Wildman–Crippen LogP) is 10.6. The summed E-state index contributed by atoms with van der Waals surface area (Å²) >= 11 is 0. The van der Waals surface area contributed by atoms with Gasteiger partial charge in [0, 0.05) is 11.1 Å². The number of aryl methyl sites for hydroxylation is 1. The maximum Gasteiger partial charge on any atom is 0.571 e. The third kappa shape index (κ3) is 4.72. The fourth-order valence-electron chi connectivity index (χ4n) is 6.21. The van der Waals surface area contributed by atoms with Crippen LogP contribution in [-0.4, -0.2) is 6.36 Å². The van der Waals surface area contributed by atoms with Crippen LogP contribution in [0.15, 0.2) is 84.2 Å². The lowest BCUT2D eigenvalue weighted by atomic mass is 9.84. The molecular formula is C38H15F3N6O. The summed E-state index contributed by atoms with van der Waals surface area (Å²) in [6.07, 6.45) is -5.01. The number of hydrogen-bond acceptors (Lipinski definition) is 3. The Hall–Kier alpha value is -7.37. The zero-order valence-electron chi connectivity index (χ0n) is 24.7. The van der Waals surface area contributed by atoms with E-state index < -0.39 is 17.8 Å². The van der Waals surface area contributed by atoms with Crippen molar-refractivity contribution in [3.8, 4) is 40.1 Å². The highest BCUT2D eigenvalue weighted by Gasteiger charge is 2.42. The number of alkyl halides is 3. The van der Waals surface area contributed by atoms with Gasteiger partial charge in [0.2, 0.25) is 5.69 Å². The number of ether oxygens (including phenoxy) is 1. The van der Waals surface area contributed by atoms with Crippen LogP contribution in [-0.2, 0) is 0 Å². The molecule has 0 amide bonds. The number of allylic oxidation sites excluding steroid dienone is 6. The van der Waals surface area contributed by atoms with E-state index in [1.807, 2.05) is 37.3 Å². The van der Waals surface area contributed by atoms with Gasteiger partial charge >= 0.3 is 6.36 Å². The Labute approximate surface area is 272 Å². The zero-order valence-corrected chi connectivity index (χ0v) is 24.7. The maximum absolute atomic E-state index is 13.0. The molecule has 10 heteroatoms. The van der Waals surface area contributed by atoms with Gasteiger partial charge in [0.25, 0.3) is 11.4 Å². The Balaban J connectivity index is 1.69.